The lowest BCUT2D eigenvalue weighted by atomic mass is 9.88. The van der Waals surface area contributed by atoms with E-state index in [0.29, 0.717) is 22.7 Å². The van der Waals surface area contributed by atoms with Gasteiger partial charge in [-0.25, -0.2) is 8.78 Å². The second kappa shape index (κ2) is 11.2. The van der Waals surface area contributed by atoms with Crippen molar-refractivity contribution < 1.29 is 13.6 Å². The van der Waals surface area contributed by atoms with Gasteiger partial charge >= 0.3 is 0 Å². The molecule has 1 aliphatic rings. The van der Waals surface area contributed by atoms with Gasteiger partial charge in [0.05, 0.1) is 12.6 Å². The van der Waals surface area contributed by atoms with Crippen LogP contribution in [0.3, 0.4) is 0 Å². The van der Waals surface area contributed by atoms with Crippen LogP contribution in [0.5, 0.6) is 0 Å². The van der Waals surface area contributed by atoms with Crippen molar-refractivity contribution >= 4 is 17.5 Å². The molecule has 1 heterocycles. The molecule has 1 unspecified atom stereocenters. The Labute approximate surface area is 220 Å². The van der Waals surface area contributed by atoms with Gasteiger partial charge in [0.2, 0.25) is 5.91 Å². The lowest BCUT2D eigenvalue weighted by Crippen LogP contribution is -2.44. The third-order valence-electron chi connectivity index (χ3n) is 6.91. The van der Waals surface area contributed by atoms with Crippen LogP contribution in [-0.4, -0.2) is 28.8 Å². The Morgan fingerprint density at radius 3 is 1.95 bits per heavy atom. The zero-order valence-electron chi connectivity index (χ0n) is 20.3. The minimum absolute atomic E-state index is 0.0427. The number of carbonyl (C=O) groups excluding carboxylic acids is 1. The van der Waals surface area contributed by atoms with E-state index in [1.165, 1.54) is 22.6 Å². The monoisotopic (exact) mass is 516 g/mol. The summed E-state index contributed by atoms with van der Waals surface area (Å²) < 4.78 is 29.1. The van der Waals surface area contributed by atoms with Crippen molar-refractivity contribution in [1.29, 1.82) is 0 Å². The highest BCUT2D eigenvalue weighted by Crippen LogP contribution is 2.38. The molecule has 6 heteroatoms. The first-order chi connectivity index (χ1) is 18.0. The van der Waals surface area contributed by atoms with E-state index in [9.17, 15) is 13.6 Å². The highest BCUT2D eigenvalue weighted by Gasteiger charge is 2.32. The predicted molar refractivity (Wildman–Crippen MR) is 142 cm³/mol. The Morgan fingerprint density at radius 2 is 1.32 bits per heavy atom. The minimum atomic E-state index is -0.394. The van der Waals surface area contributed by atoms with Crippen LogP contribution in [0, 0.1) is 11.6 Å². The first kappa shape index (κ1) is 25.1. The van der Waals surface area contributed by atoms with Crippen LogP contribution in [-0.2, 0) is 24.3 Å². The number of fused-ring (bicyclic) bond motifs is 1. The largest absolute Gasteiger partial charge is 0.333 e. The average molecular weight is 517 g/mol. The molecular weight excluding hydrogens is 490 g/mol. The van der Waals surface area contributed by atoms with Gasteiger partial charge in [0.1, 0.15) is 11.6 Å². The van der Waals surface area contributed by atoms with Gasteiger partial charge in [0, 0.05) is 35.8 Å². The summed E-state index contributed by atoms with van der Waals surface area (Å²) in [5.74, 6) is -0.993. The minimum Gasteiger partial charge on any atom is -0.333 e. The van der Waals surface area contributed by atoms with Crippen molar-refractivity contribution in [2.45, 2.75) is 25.6 Å². The SMILES string of the molecule is O=C(CN1CCc2ccccc2C1c1ccccc1Cl)N(Cc1ccccc1F)Cc1ccccc1F. The summed E-state index contributed by atoms with van der Waals surface area (Å²) in [6, 6.07) is 28.4. The average Bonchev–Trinajstić information content (AvgIpc) is 2.91. The maximum Gasteiger partial charge on any atom is 0.237 e. The number of benzene rings is 4. The Balaban J connectivity index is 1.47. The second-order valence-electron chi connectivity index (χ2n) is 9.28. The lowest BCUT2D eigenvalue weighted by Gasteiger charge is -2.38. The van der Waals surface area contributed by atoms with Crippen molar-refractivity contribution in [3.05, 3.63) is 142 Å². The van der Waals surface area contributed by atoms with Gasteiger partial charge < -0.3 is 4.90 Å². The number of rotatable bonds is 7. The van der Waals surface area contributed by atoms with Crippen molar-refractivity contribution in [2.24, 2.45) is 0 Å². The number of halogens is 3. The van der Waals surface area contributed by atoms with Gasteiger partial charge in [-0.05, 0) is 41.3 Å². The highest BCUT2D eigenvalue weighted by atomic mass is 35.5. The van der Waals surface area contributed by atoms with Gasteiger partial charge in [0.15, 0.2) is 0 Å². The molecule has 0 aliphatic carbocycles. The third-order valence-corrected chi connectivity index (χ3v) is 7.26. The molecule has 4 aromatic carbocycles. The molecule has 0 bridgehead atoms. The van der Waals surface area contributed by atoms with Crippen LogP contribution in [0.15, 0.2) is 97.1 Å². The Bertz CT molecular complexity index is 1360. The third kappa shape index (κ3) is 5.58. The van der Waals surface area contributed by atoms with Gasteiger partial charge in [-0.1, -0.05) is 90.5 Å². The Hall–Kier alpha value is -3.54. The summed E-state index contributed by atoms with van der Waals surface area (Å²) >= 11 is 6.63. The van der Waals surface area contributed by atoms with Gasteiger partial charge in [0.25, 0.3) is 0 Å². The van der Waals surface area contributed by atoms with E-state index in [1.54, 1.807) is 36.4 Å². The molecule has 0 aromatic heterocycles. The standard InChI is InChI=1S/C31H27ClF2N2O/c32-27-14-6-5-13-26(27)31-25-12-4-1-9-22(25)17-18-35(31)21-30(37)36(19-23-10-2-7-15-28(23)33)20-24-11-3-8-16-29(24)34/h1-16,31H,17-21H2. The maximum absolute atomic E-state index is 14.5. The fourth-order valence-electron chi connectivity index (χ4n) is 5.02. The molecule has 0 N–H and O–H groups in total. The van der Waals surface area contributed by atoms with Crippen LogP contribution in [0.25, 0.3) is 0 Å². The van der Waals surface area contributed by atoms with Crippen molar-refractivity contribution in [3.63, 3.8) is 0 Å². The van der Waals surface area contributed by atoms with Gasteiger partial charge in [-0.3, -0.25) is 9.69 Å². The van der Waals surface area contributed by atoms with E-state index in [4.69, 9.17) is 11.6 Å². The molecule has 1 aliphatic heterocycles. The van der Waals surface area contributed by atoms with Crippen LogP contribution in [0.4, 0.5) is 8.78 Å². The van der Waals surface area contributed by atoms with Crippen molar-refractivity contribution in [3.8, 4) is 0 Å². The predicted octanol–water partition coefficient (Wildman–Crippen LogP) is 6.79. The van der Waals surface area contributed by atoms with Crippen LogP contribution in [0.1, 0.15) is 33.9 Å². The number of hydrogen-bond acceptors (Lipinski definition) is 2. The first-order valence-electron chi connectivity index (χ1n) is 12.3. The molecule has 0 spiro atoms. The number of amides is 1. The molecule has 5 rings (SSSR count). The van der Waals surface area contributed by atoms with Crippen molar-refractivity contribution in [1.82, 2.24) is 9.80 Å². The second-order valence-corrected chi connectivity index (χ2v) is 9.68. The van der Waals surface area contributed by atoms with Crippen LogP contribution < -0.4 is 0 Å². The highest BCUT2D eigenvalue weighted by molar-refractivity contribution is 6.31. The Morgan fingerprint density at radius 1 is 0.784 bits per heavy atom. The Kier molecular flexibility index (Phi) is 7.63. The molecule has 0 saturated carbocycles. The molecule has 1 atom stereocenters. The first-order valence-corrected chi connectivity index (χ1v) is 12.7. The zero-order chi connectivity index (χ0) is 25.8. The molecule has 188 valence electrons. The number of nitrogens with zero attached hydrogens (tertiary/aromatic N) is 2. The molecule has 0 fully saturated rings. The summed E-state index contributed by atoms with van der Waals surface area (Å²) in [6.45, 7) is 0.834. The molecular formula is C31H27ClF2N2O. The van der Waals surface area contributed by atoms with Crippen molar-refractivity contribution in [2.75, 3.05) is 13.1 Å². The zero-order valence-corrected chi connectivity index (χ0v) is 21.0. The molecule has 37 heavy (non-hydrogen) atoms. The number of hydrogen-bond donors (Lipinski definition) is 0. The lowest BCUT2D eigenvalue weighted by molar-refractivity contribution is -0.134. The summed E-state index contributed by atoms with van der Waals surface area (Å²) in [5.41, 5.74) is 4.05. The van der Waals surface area contributed by atoms with E-state index in [2.05, 4.69) is 17.0 Å². The van der Waals surface area contributed by atoms with E-state index in [1.807, 2.05) is 36.4 Å². The topological polar surface area (TPSA) is 23.6 Å². The molecule has 0 radical (unpaired) electrons. The smallest absolute Gasteiger partial charge is 0.237 e. The van der Waals surface area contributed by atoms with Gasteiger partial charge in [-0.15, -0.1) is 0 Å². The number of carbonyl (C=O) groups is 1. The quantitative estimate of drug-likeness (QED) is 0.270. The van der Waals surface area contributed by atoms with E-state index in [0.717, 1.165) is 17.5 Å². The fraction of sp³-hybridized carbons (Fsp3) is 0.194. The molecule has 1 amide bonds. The molecule has 3 nitrogen and oxygen atoms in total. The molecule has 4 aromatic rings. The molecule has 0 saturated heterocycles. The summed E-state index contributed by atoms with van der Waals surface area (Å²) in [7, 11) is 0. The maximum atomic E-state index is 14.5. The van der Waals surface area contributed by atoms with E-state index < -0.39 is 11.6 Å². The fourth-order valence-corrected chi connectivity index (χ4v) is 5.26. The van der Waals surface area contributed by atoms with Gasteiger partial charge in [-0.2, -0.15) is 0 Å². The summed E-state index contributed by atoms with van der Waals surface area (Å²) in [5, 5.41) is 0.635. The van der Waals surface area contributed by atoms with Crippen LogP contribution >= 0.6 is 11.6 Å². The van der Waals surface area contributed by atoms with E-state index >= 15 is 0 Å². The summed E-state index contributed by atoms with van der Waals surface area (Å²) in [6.07, 6.45) is 0.797. The normalized spacial score (nSPS) is 15.3. The summed E-state index contributed by atoms with van der Waals surface area (Å²) in [4.78, 5) is 17.5. The van der Waals surface area contributed by atoms with Crippen LogP contribution in [0.2, 0.25) is 5.02 Å². The van der Waals surface area contributed by atoms with E-state index in [-0.39, 0.29) is 31.6 Å².